The van der Waals surface area contributed by atoms with Crippen molar-refractivity contribution in [2.24, 2.45) is 0 Å². The number of carbonyl (C=O) groups excluding carboxylic acids is 1. The second-order valence-corrected chi connectivity index (χ2v) is 7.21. The highest BCUT2D eigenvalue weighted by atomic mass is 35.5. The van der Waals surface area contributed by atoms with Gasteiger partial charge in [0.2, 0.25) is 0 Å². The minimum Gasteiger partial charge on any atom is -0.360 e. The van der Waals surface area contributed by atoms with E-state index in [1.807, 2.05) is 0 Å². The van der Waals surface area contributed by atoms with E-state index in [0.29, 0.717) is 35.4 Å². The van der Waals surface area contributed by atoms with Gasteiger partial charge in [0, 0.05) is 42.3 Å². The van der Waals surface area contributed by atoms with Gasteiger partial charge in [-0.1, -0.05) is 11.6 Å². The van der Waals surface area contributed by atoms with Gasteiger partial charge in [0.05, 0.1) is 0 Å². The number of halogens is 1. The van der Waals surface area contributed by atoms with Crippen LogP contribution in [0.1, 0.15) is 6.42 Å². The number of amides is 2. The van der Waals surface area contributed by atoms with Gasteiger partial charge >= 0.3 is 6.03 Å². The van der Waals surface area contributed by atoms with Crippen molar-refractivity contribution < 1.29 is 13.2 Å². The van der Waals surface area contributed by atoms with Gasteiger partial charge in [0.1, 0.15) is 4.90 Å². The fourth-order valence-corrected chi connectivity index (χ4v) is 3.85. The Hall–Kier alpha value is -1.77. The molecule has 9 heteroatoms. The van der Waals surface area contributed by atoms with Crippen LogP contribution in [0.15, 0.2) is 29.3 Å². The molecular formula is C13H15ClN4O3S. The van der Waals surface area contributed by atoms with Crippen molar-refractivity contribution >= 4 is 38.6 Å². The summed E-state index contributed by atoms with van der Waals surface area (Å²) < 4.78 is 25.1. The van der Waals surface area contributed by atoms with Crippen molar-refractivity contribution in [3.05, 3.63) is 29.4 Å². The lowest BCUT2D eigenvalue weighted by atomic mass is 10.2. The van der Waals surface area contributed by atoms with E-state index in [4.69, 9.17) is 11.6 Å². The maximum atomic E-state index is 12.5. The summed E-state index contributed by atoms with van der Waals surface area (Å²) in [6, 6.07) is 4.54. The highest BCUT2D eigenvalue weighted by molar-refractivity contribution is 7.89. The van der Waals surface area contributed by atoms with Gasteiger partial charge < -0.3 is 9.88 Å². The molecular weight excluding hydrogens is 328 g/mol. The third kappa shape index (κ3) is 2.65. The quantitative estimate of drug-likeness (QED) is 0.891. The van der Waals surface area contributed by atoms with E-state index in [1.165, 1.54) is 11.1 Å². The van der Waals surface area contributed by atoms with E-state index < -0.39 is 10.0 Å². The molecule has 1 aliphatic rings. The first-order valence-corrected chi connectivity index (χ1v) is 8.56. The highest BCUT2D eigenvalue weighted by Gasteiger charge is 2.28. The normalized spacial score (nSPS) is 16.5. The SMILES string of the molecule is CN1CCCN(NS(=O)(=O)c2c[nH]c3cc(Cl)ccc23)C1=O. The van der Waals surface area contributed by atoms with Crippen LogP contribution in [0.2, 0.25) is 5.02 Å². The molecule has 1 fully saturated rings. The molecule has 0 atom stereocenters. The number of hydrogen-bond acceptors (Lipinski definition) is 3. The van der Waals surface area contributed by atoms with Crippen LogP contribution in [0, 0.1) is 0 Å². The van der Waals surface area contributed by atoms with E-state index in [1.54, 1.807) is 25.2 Å². The molecule has 1 saturated heterocycles. The Bertz CT molecular complexity index is 833. The van der Waals surface area contributed by atoms with Crippen LogP contribution in [0.4, 0.5) is 4.79 Å². The minimum atomic E-state index is -3.86. The molecule has 1 aliphatic heterocycles. The van der Waals surface area contributed by atoms with E-state index >= 15 is 0 Å². The molecule has 0 bridgehead atoms. The molecule has 1 aromatic carbocycles. The first-order chi connectivity index (χ1) is 10.4. The third-order valence-electron chi connectivity index (χ3n) is 3.56. The monoisotopic (exact) mass is 342 g/mol. The summed E-state index contributed by atoms with van der Waals surface area (Å²) in [5.41, 5.74) is 0.620. The molecule has 0 unspecified atom stereocenters. The lowest BCUT2D eigenvalue weighted by Crippen LogP contribution is -2.55. The summed E-state index contributed by atoms with van der Waals surface area (Å²) in [5, 5.41) is 2.15. The van der Waals surface area contributed by atoms with Crippen LogP contribution in [0.25, 0.3) is 10.9 Å². The average Bonchev–Trinajstić information content (AvgIpc) is 2.87. The summed E-state index contributed by atoms with van der Waals surface area (Å²) in [4.78, 5) is 18.8. The van der Waals surface area contributed by atoms with E-state index in [2.05, 4.69) is 9.82 Å². The fourth-order valence-electron chi connectivity index (χ4n) is 2.44. The number of benzene rings is 1. The van der Waals surface area contributed by atoms with Gasteiger partial charge in [-0.2, -0.15) is 0 Å². The smallest absolute Gasteiger partial charge is 0.334 e. The molecule has 3 rings (SSSR count). The Kier molecular flexibility index (Phi) is 3.75. The topological polar surface area (TPSA) is 85.5 Å². The number of urea groups is 1. The van der Waals surface area contributed by atoms with Crippen molar-refractivity contribution in [2.45, 2.75) is 11.3 Å². The van der Waals surface area contributed by atoms with Crippen LogP contribution >= 0.6 is 11.6 Å². The zero-order chi connectivity index (χ0) is 15.9. The predicted octanol–water partition coefficient (Wildman–Crippen LogP) is 1.77. The molecule has 1 aromatic heterocycles. The minimum absolute atomic E-state index is 0.0835. The molecule has 2 aromatic rings. The summed E-state index contributed by atoms with van der Waals surface area (Å²) >= 11 is 5.89. The lowest BCUT2D eigenvalue weighted by Gasteiger charge is -2.32. The largest absolute Gasteiger partial charge is 0.360 e. The zero-order valence-corrected chi connectivity index (χ0v) is 13.4. The third-order valence-corrected chi connectivity index (χ3v) is 5.17. The number of hydrazine groups is 1. The van der Waals surface area contributed by atoms with Crippen molar-refractivity contribution in [2.75, 3.05) is 20.1 Å². The average molecular weight is 343 g/mol. The number of hydrogen-bond donors (Lipinski definition) is 2. The van der Waals surface area contributed by atoms with Crippen LogP contribution in [0.3, 0.4) is 0 Å². The molecule has 2 N–H and O–H groups in total. The number of rotatable bonds is 3. The summed E-state index contributed by atoms with van der Waals surface area (Å²) in [6.45, 7) is 0.958. The van der Waals surface area contributed by atoms with Gasteiger partial charge in [-0.25, -0.2) is 18.2 Å². The molecule has 7 nitrogen and oxygen atoms in total. The number of fused-ring (bicyclic) bond motifs is 1. The number of nitrogens with zero attached hydrogens (tertiary/aromatic N) is 2. The van der Waals surface area contributed by atoms with Crippen molar-refractivity contribution in [1.29, 1.82) is 0 Å². The Morgan fingerprint density at radius 3 is 2.86 bits per heavy atom. The van der Waals surface area contributed by atoms with Gasteiger partial charge in [-0.15, -0.1) is 4.83 Å². The van der Waals surface area contributed by atoms with Crippen molar-refractivity contribution in [3.63, 3.8) is 0 Å². The molecule has 0 spiro atoms. The summed E-state index contributed by atoms with van der Waals surface area (Å²) in [7, 11) is -2.22. The number of H-pyrrole nitrogens is 1. The van der Waals surface area contributed by atoms with Gasteiger partial charge in [0.15, 0.2) is 0 Å². The van der Waals surface area contributed by atoms with E-state index in [0.717, 1.165) is 5.01 Å². The maximum absolute atomic E-state index is 12.5. The van der Waals surface area contributed by atoms with Crippen LogP contribution < -0.4 is 4.83 Å². The van der Waals surface area contributed by atoms with Gasteiger partial charge in [-0.3, -0.25) is 0 Å². The Balaban J connectivity index is 1.93. The van der Waals surface area contributed by atoms with Gasteiger partial charge in [0.25, 0.3) is 10.0 Å². The first kappa shape index (κ1) is 15.1. The fraction of sp³-hybridized carbons (Fsp3) is 0.308. The van der Waals surface area contributed by atoms with Crippen LogP contribution in [-0.4, -0.2) is 49.5 Å². The molecule has 0 radical (unpaired) electrons. The summed E-state index contributed by atoms with van der Waals surface area (Å²) in [5.74, 6) is 0. The number of nitrogens with one attached hydrogen (secondary N) is 2. The van der Waals surface area contributed by atoms with Crippen molar-refractivity contribution in [1.82, 2.24) is 19.7 Å². The molecule has 2 amide bonds. The number of carbonyl (C=O) groups is 1. The molecule has 118 valence electrons. The second kappa shape index (κ2) is 5.45. The number of aromatic nitrogens is 1. The second-order valence-electron chi connectivity index (χ2n) is 5.15. The maximum Gasteiger partial charge on any atom is 0.334 e. The van der Waals surface area contributed by atoms with Gasteiger partial charge in [-0.05, 0) is 24.6 Å². The summed E-state index contributed by atoms with van der Waals surface area (Å²) in [6.07, 6.45) is 2.09. The molecule has 0 saturated carbocycles. The standard InChI is InChI=1S/C13H15ClN4O3S/c1-17-5-2-6-18(13(17)19)16-22(20,21)12-8-15-11-7-9(14)3-4-10(11)12/h3-4,7-8,15-16H,2,5-6H2,1H3. The molecule has 0 aliphatic carbocycles. The Morgan fingerprint density at radius 2 is 2.09 bits per heavy atom. The van der Waals surface area contributed by atoms with Crippen molar-refractivity contribution in [3.8, 4) is 0 Å². The lowest BCUT2D eigenvalue weighted by molar-refractivity contribution is 0.131. The van der Waals surface area contributed by atoms with Crippen LogP contribution in [0.5, 0.6) is 0 Å². The zero-order valence-electron chi connectivity index (χ0n) is 11.8. The van der Waals surface area contributed by atoms with E-state index in [-0.39, 0.29) is 10.9 Å². The number of aromatic amines is 1. The molecule has 2 heterocycles. The molecule has 22 heavy (non-hydrogen) atoms. The Morgan fingerprint density at radius 1 is 1.32 bits per heavy atom. The van der Waals surface area contributed by atoms with Crippen LogP contribution in [-0.2, 0) is 10.0 Å². The highest BCUT2D eigenvalue weighted by Crippen LogP contribution is 2.25. The van der Waals surface area contributed by atoms with E-state index in [9.17, 15) is 13.2 Å². The predicted molar refractivity (Wildman–Crippen MR) is 83.0 cm³/mol. The Labute approximate surface area is 132 Å². The first-order valence-electron chi connectivity index (χ1n) is 6.70. The number of sulfonamides is 1.